The summed E-state index contributed by atoms with van der Waals surface area (Å²) in [4.78, 5) is 3.84. The second-order valence-electron chi connectivity index (χ2n) is 2.22. The minimum atomic E-state index is -2.54. The monoisotopic (exact) mass is 425 g/mol. The Bertz CT molecular complexity index is 320. The fourth-order valence-electron chi connectivity index (χ4n) is 0.767. The van der Waals surface area contributed by atoms with Crippen molar-refractivity contribution in [3.05, 3.63) is 25.5 Å². The molecule has 0 atom stereocenters. The number of pyridine rings is 1. The van der Waals surface area contributed by atoms with Gasteiger partial charge in [-0.2, -0.15) is 0 Å². The van der Waals surface area contributed by atoms with E-state index in [0.29, 0.717) is 15.5 Å². The zero-order valence-electron chi connectivity index (χ0n) is 6.20. The van der Waals surface area contributed by atoms with Gasteiger partial charge in [0, 0.05) is 13.4 Å². The number of rotatable bonds is 2. The van der Waals surface area contributed by atoms with Gasteiger partial charge in [0.05, 0.1) is 5.69 Å². The first-order valence-corrected chi connectivity index (χ1v) is 6.24. The van der Waals surface area contributed by atoms with Gasteiger partial charge in [-0.25, -0.2) is 13.8 Å². The van der Waals surface area contributed by atoms with Crippen LogP contribution in [0, 0.1) is 3.57 Å². The molecule has 1 rings (SSSR count). The molecule has 6 heteroatoms. The Balaban J connectivity index is 3.22. The standard InChI is InChI=1S/C7H4Br2F2IN/c8-2-5-4(12)1-3(9)6(13-5)7(10)11/h1,7H,2H2. The number of aromatic nitrogens is 1. The van der Waals surface area contributed by atoms with Gasteiger partial charge in [0.1, 0.15) is 5.69 Å². The SMILES string of the molecule is FC(F)c1nc(CBr)c(I)cc1Br. The van der Waals surface area contributed by atoms with Crippen LogP contribution in [0.25, 0.3) is 0 Å². The van der Waals surface area contributed by atoms with Crippen molar-refractivity contribution in [2.24, 2.45) is 0 Å². The lowest BCUT2D eigenvalue weighted by molar-refractivity contribution is 0.145. The van der Waals surface area contributed by atoms with E-state index in [4.69, 9.17) is 0 Å². The highest BCUT2D eigenvalue weighted by molar-refractivity contribution is 14.1. The molecule has 0 N–H and O–H groups in total. The molecule has 1 aromatic rings. The minimum Gasteiger partial charge on any atom is -0.249 e. The fourth-order valence-corrected chi connectivity index (χ4v) is 3.26. The molecule has 0 saturated carbocycles. The number of alkyl halides is 3. The molecule has 1 aromatic heterocycles. The predicted molar refractivity (Wildman–Crippen MR) is 62.2 cm³/mol. The Labute approximate surface area is 105 Å². The van der Waals surface area contributed by atoms with Gasteiger partial charge in [0.15, 0.2) is 0 Å². The summed E-state index contributed by atoms with van der Waals surface area (Å²) in [7, 11) is 0. The molecule has 0 unspecified atom stereocenters. The maximum atomic E-state index is 12.4. The summed E-state index contributed by atoms with van der Waals surface area (Å²) in [5, 5.41) is 0.484. The highest BCUT2D eigenvalue weighted by Crippen LogP contribution is 2.28. The van der Waals surface area contributed by atoms with E-state index >= 15 is 0 Å². The molecule has 13 heavy (non-hydrogen) atoms. The lowest BCUT2D eigenvalue weighted by Crippen LogP contribution is -1.98. The molecule has 0 spiro atoms. The second kappa shape index (κ2) is 4.97. The molecule has 0 aliphatic heterocycles. The van der Waals surface area contributed by atoms with Crippen molar-refractivity contribution >= 4 is 54.5 Å². The van der Waals surface area contributed by atoms with E-state index in [1.807, 2.05) is 0 Å². The van der Waals surface area contributed by atoms with Crippen molar-refractivity contribution in [2.75, 3.05) is 0 Å². The smallest absolute Gasteiger partial charge is 0.249 e. The molecule has 0 aromatic carbocycles. The molecule has 0 aliphatic carbocycles. The Kier molecular flexibility index (Phi) is 4.50. The van der Waals surface area contributed by atoms with Gasteiger partial charge in [-0.05, 0) is 44.6 Å². The molecule has 0 radical (unpaired) electrons. The molecular weight excluding hydrogens is 423 g/mol. The van der Waals surface area contributed by atoms with Crippen LogP contribution in [-0.2, 0) is 5.33 Å². The topological polar surface area (TPSA) is 12.9 Å². The van der Waals surface area contributed by atoms with Gasteiger partial charge in [0.25, 0.3) is 6.43 Å². The van der Waals surface area contributed by atoms with Crippen LogP contribution in [0.15, 0.2) is 10.5 Å². The van der Waals surface area contributed by atoms with Gasteiger partial charge in [-0.3, -0.25) is 0 Å². The number of halogens is 5. The zero-order chi connectivity index (χ0) is 10.0. The van der Waals surface area contributed by atoms with Crippen LogP contribution in [0.4, 0.5) is 8.78 Å². The predicted octanol–water partition coefficient (Wildman–Crippen LogP) is 4.28. The summed E-state index contributed by atoms with van der Waals surface area (Å²) < 4.78 is 26.0. The first kappa shape index (κ1) is 11.8. The van der Waals surface area contributed by atoms with Gasteiger partial charge in [0.2, 0.25) is 0 Å². The summed E-state index contributed by atoms with van der Waals surface area (Å²) >= 11 is 8.30. The van der Waals surface area contributed by atoms with Crippen molar-refractivity contribution in [2.45, 2.75) is 11.8 Å². The van der Waals surface area contributed by atoms with E-state index in [1.54, 1.807) is 6.07 Å². The van der Waals surface area contributed by atoms with Gasteiger partial charge in [-0.15, -0.1) is 0 Å². The molecule has 0 saturated heterocycles. The molecular formula is C7H4Br2F2IN. The third kappa shape index (κ3) is 2.82. The minimum absolute atomic E-state index is 0.199. The van der Waals surface area contributed by atoms with Crippen molar-refractivity contribution in [3.8, 4) is 0 Å². The molecule has 1 nitrogen and oxygen atoms in total. The average molecular weight is 427 g/mol. The summed E-state index contributed by atoms with van der Waals surface area (Å²) in [5.74, 6) is 0. The largest absolute Gasteiger partial charge is 0.281 e. The second-order valence-corrected chi connectivity index (χ2v) is 4.80. The lowest BCUT2D eigenvalue weighted by atomic mass is 10.3. The van der Waals surface area contributed by atoms with E-state index in [1.165, 1.54) is 0 Å². The Morgan fingerprint density at radius 1 is 1.54 bits per heavy atom. The summed E-state index contributed by atoms with van der Waals surface area (Å²) in [6.45, 7) is 0. The zero-order valence-corrected chi connectivity index (χ0v) is 11.5. The Hall–Kier alpha value is 0.700. The molecule has 0 fully saturated rings. The molecule has 0 bridgehead atoms. The summed E-state index contributed by atoms with van der Waals surface area (Å²) in [5.41, 5.74) is 0.439. The molecule has 1 heterocycles. The van der Waals surface area contributed by atoms with Crippen LogP contribution in [0.2, 0.25) is 0 Å². The van der Waals surface area contributed by atoms with E-state index in [-0.39, 0.29) is 5.69 Å². The van der Waals surface area contributed by atoms with Gasteiger partial charge < -0.3 is 0 Å². The first-order valence-electron chi connectivity index (χ1n) is 3.25. The number of nitrogens with zero attached hydrogens (tertiary/aromatic N) is 1. The number of hydrogen-bond donors (Lipinski definition) is 0. The van der Waals surface area contributed by atoms with E-state index in [0.717, 1.165) is 3.57 Å². The van der Waals surface area contributed by atoms with E-state index in [9.17, 15) is 8.78 Å². The van der Waals surface area contributed by atoms with Gasteiger partial charge >= 0.3 is 0 Å². The van der Waals surface area contributed by atoms with E-state index in [2.05, 4.69) is 59.4 Å². The molecule has 72 valence electrons. The van der Waals surface area contributed by atoms with Crippen molar-refractivity contribution in [3.63, 3.8) is 0 Å². The highest BCUT2D eigenvalue weighted by atomic mass is 127. The average Bonchev–Trinajstić information content (AvgIpc) is 2.03. The van der Waals surface area contributed by atoms with Crippen molar-refractivity contribution in [1.29, 1.82) is 0 Å². The van der Waals surface area contributed by atoms with Crippen LogP contribution in [0.3, 0.4) is 0 Å². The Morgan fingerprint density at radius 3 is 2.62 bits per heavy atom. The maximum absolute atomic E-state index is 12.4. The third-order valence-electron chi connectivity index (χ3n) is 1.36. The highest BCUT2D eigenvalue weighted by Gasteiger charge is 2.15. The maximum Gasteiger partial charge on any atom is 0.281 e. The van der Waals surface area contributed by atoms with E-state index < -0.39 is 6.43 Å². The van der Waals surface area contributed by atoms with Crippen molar-refractivity contribution < 1.29 is 8.78 Å². The van der Waals surface area contributed by atoms with Crippen LogP contribution >= 0.6 is 54.5 Å². The Morgan fingerprint density at radius 2 is 2.15 bits per heavy atom. The number of hydrogen-bond acceptors (Lipinski definition) is 1. The summed E-state index contributed by atoms with van der Waals surface area (Å²) in [6.07, 6.45) is -2.54. The van der Waals surface area contributed by atoms with Crippen LogP contribution in [0.1, 0.15) is 17.8 Å². The van der Waals surface area contributed by atoms with Crippen LogP contribution < -0.4 is 0 Å². The van der Waals surface area contributed by atoms with Crippen LogP contribution in [-0.4, -0.2) is 4.98 Å². The quantitative estimate of drug-likeness (QED) is 0.508. The van der Waals surface area contributed by atoms with Crippen LogP contribution in [0.5, 0.6) is 0 Å². The first-order chi connectivity index (χ1) is 6.06. The fraction of sp³-hybridized carbons (Fsp3) is 0.286. The normalized spacial score (nSPS) is 10.9. The molecule has 0 amide bonds. The van der Waals surface area contributed by atoms with Gasteiger partial charge in [-0.1, -0.05) is 15.9 Å². The molecule has 0 aliphatic rings. The van der Waals surface area contributed by atoms with Crippen molar-refractivity contribution in [1.82, 2.24) is 4.98 Å². The summed E-state index contributed by atoms with van der Waals surface area (Å²) in [6, 6.07) is 1.64. The lowest BCUT2D eigenvalue weighted by Gasteiger charge is -2.06. The third-order valence-corrected chi connectivity index (χ3v) is 3.46.